The highest BCUT2D eigenvalue weighted by molar-refractivity contribution is 5.95. The summed E-state index contributed by atoms with van der Waals surface area (Å²) >= 11 is 0. The fourth-order valence-corrected chi connectivity index (χ4v) is 3.35. The number of rotatable bonds is 4. The van der Waals surface area contributed by atoms with Crippen LogP contribution in [0.15, 0.2) is 33.4 Å². The maximum absolute atomic E-state index is 12.4. The van der Waals surface area contributed by atoms with E-state index in [1.807, 2.05) is 13.0 Å². The van der Waals surface area contributed by atoms with Crippen LogP contribution in [0, 0.1) is 13.8 Å². The molecule has 3 aromatic rings. The second-order valence-corrected chi connectivity index (χ2v) is 6.25. The highest BCUT2D eigenvalue weighted by atomic mass is 16.5. The number of ketones is 1. The number of fused-ring (bicyclic) bond motifs is 1. The minimum atomic E-state index is 0.0146. The maximum Gasteiger partial charge on any atom is 0.223 e. The van der Waals surface area contributed by atoms with Gasteiger partial charge in [-0.25, -0.2) is 0 Å². The van der Waals surface area contributed by atoms with Crippen LogP contribution in [0.1, 0.15) is 51.9 Å². The quantitative estimate of drug-likeness (QED) is 0.682. The summed E-state index contributed by atoms with van der Waals surface area (Å²) in [5.74, 6) is 1.77. The molecule has 0 saturated heterocycles. The summed E-state index contributed by atoms with van der Waals surface area (Å²) in [5.41, 5.74) is 4.22. The molecule has 0 amide bonds. The summed E-state index contributed by atoms with van der Waals surface area (Å²) in [6.07, 6.45) is 3.94. The third-order valence-corrected chi connectivity index (χ3v) is 4.56. The van der Waals surface area contributed by atoms with Crippen molar-refractivity contribution in [3.05, 3.63) is 52.7 Å². The molecule has 0 radical (unpaired) electrons. The molecule has 4 rings (SSSR count). The number of benzene rings is 1. The van der Waals surface area contributed by atoms with Crippen molar-refractivity contribution in [1.82, 2.24) is 15.3 Å². The normalized spacial score (nSPS) is 16.3. The van der Waals surface area contributed by atoms with Gasteiger partial charge in [0.15, 0.2) is 0 Å². The summed E-state index contributed by atoms with van der Waals surface area (Å²) in [6.45, 7) is 3.61. The van der Waals surface area contributed by atoms with E-state index in [0.29, 0.717) is 23.9 Å². The Kier molecular flexibility index (Phi) is 3.52. The Morgan fingerprint density at radius 1 is 1.29 bits per heavy atom. The van der Waals surface area contributed by atoms with Crippen LogP contribution in [0.25, 0.3) is 11.4 Å². The first-order chi connectivity index (χ1) is 11.6. The van der Waals surface area contributed by atoms with E-state index in [4.69, 9.17) is 9.05 Å². The standard InChI is InChI=1S/C18H17N3O3/c1-10-9-19-24-17(10)16(22)8-13-4-3-12-7-14(5-6-15(12)13)18-20-11(2)23-21-18/h5-7,9,13H,3-4,8H2,1-2H3/t13-/m0/s1. The van der Waals surface area contributed by atoms with Crippen LogP contribution in [-0.4, -0.2) is 21.1 Å². The van der Waals surface area contributed by atoms with Crippen molar-refractivity contribution < 1.29 is 13.8 Å². The second-order valence-electron chi connectivity index (χ2n) is 6.25. The SMILES string of the molecule is Cc1nc(-c2ccc3c(c2)CC[C@H]3CC(=O)c2oncc2C)no1. The van der Waals surface area contributed by atoms with E-state index in [9.17, 15) is 4.79 Å². The molecule has 1 aliphatic carbocycles. The number of carbonyl (C=O) groups excluding carboxylic acids is 1. The summed E-state index contributed by atoms with van der Waals surface area (Å²) in [7, 11) is 0. The Bertz CT molecular complexity index is 910. The van der Waals surface area contributed by atoms with Crippen molar-refractivity contribution in [3.63, 3.8) is 0 Å². The van der Waals surface area contributed by atoms with Crippen LogP contribution in [0.5, 0.6) is 0 Å². The molecule has 2 heterocycles. The first-order valence-corrected chi connectivity index (χ1v) is 8.00. The lowest BCUT2D eigenvalue weighted by molar-refractivity contribution is 0.0936. The van der Waals surface area contributed by atoms with Crippen molar-refractivity contribution in [2.45, 2.75) is 39.0 Å². The molecule has 122 valence electrons. The molecule has 0 spiro atoms. The lowest BCUT2D eigenvalue weighted by atomic mass is 9.93. The predicted octanol–water partition coefficient (Wildman–Crippen LogP) is 3.64. The van der Waals surface area contributed by atoms with E-state index in [1.54, 1.807) is 13.1 Å². The van der Waals surface area contributed by atoms with E-state index in [-0.39, 0.29) is 11.7 Å². The van der Waals surface area contributed by atoms with Crippen molar-refractivity contribution in [2.75, 3.05) is 0 Å². The van der Waals surface area contributed by atoms with Crippen LogP contribution in [-0.2, 0) is 6.42 Å². The zero-order valence-corrected chi connectivity index (χ0v) is 13.6. The fraction of sp³-hybridized carbons (Fsp3) is 0.333. The number of nitrogens with zero attached hydrogens (tertiary/aromatic N) is 3. The van der Waals surface area contributed by atoms with Crippen LogP contribution in [0.4, 0.5) is 0 Å². The van der Waals surface area contributed by atoms with Gasteiger partial charge < -0.3 is 9.05 Å². The highest BCUT2D eigenvalue weighted by Gasteiger charge is 2.27. The third kappa shape index (κ3) is 2.54. The number of hydrogen-bond donors (Lipinski definition) is 0. The van der Waals surface area contributed by atoms with E-state index >= 15 is 0 Å². The molecule has 0 fully saturated rings. The first kappa shape index (κ1) is 14.8. The Morgan fingerprint density at radius 2 is 2.17 bits per heavy atom. The van der Waals surface area contributed by atoms with Gasteiger partial charge in [-0.2, -0.15) is 4.98 Å². The van der Waals surface area contributed by atoms with Crippen molar-refractivity contribution >= 4 is 5.78 Å². The van der Waals surface area contributed by atoms with Gasteiger partial charge in [0.25, 0.3) is 0 Å². The fourth-order valence-electron chi connectivity index (χ4n) is 3.35. The van der Waals surface area contributed by atoms with Crippen LogP contribution < -0.4 is 0 Å². The van der Waals surface area contributed by atoms with Gasteiger partial charge in [0.05, 0.1) is 6.20 Å². The van der Waals surface area contributed by atoms with Gasteiger partial charge in [-0.1, -0.05) is 22.4 Å². The minimum Gasteiger partial charge on any atom is -0.353 e. The van der Waals surface area contributed by atoms with Gasteiger partial charge in [-0.3, -0.25) is 4.79 Å². The molecule has 24 heavy (non-hydrogen) atoms. The number of Topliss-reactive ketones (excluding diaryl/α,β-unsaturated/α-hetero) is 1. The lowest BCUT2D eigenvalue weighted by Crippen LogP contribution is -2.05. The highest BCUT2D eigenvalue weighted by Crippen LogP contribution is 2.38. The predicted molar refractivity (Wildman–Crippen MR) is 85.7 cm³/mol. The molecule has 6 heteroatoms. The van der Waals surface area contributed by atoms with Gasteiger partial charge in [0.2, 0.25) is 23.3 Å². The van der Waals surface area contributed by atoms with Gasteiger partial charge in [-0.05, 0) is 42.9 Å². The molecule has 2 aromatic heterocycles. The molecule has 0 N–H and O–H groups in total. The average molecular weight is 323 g/mol. The number of aromatic nitrogens is 3. The Balaban J connectivity index is 1.56. The Morgan fingerprint density at radius 3 is 2.88 bits per heavy atom. The van der Waals surface area contributed by atoms with E-state index in [1.165, 1.54) is 11.1 Å². The van der Waals surface area contributed by atoms with Crippen molar-refractivity contribution in [1.29, 1.82) is 0 Å². The molecule has 0 saturated carbocycles. The molecule has 0 aliphatic heterocycles. The molecule has 1 aliphatic rings. The van der Waals surface area contributed by atoms with Crippen molar-refractivity contribution in [3.8, 4) is 11.4 Å². The zero-order valence-electron chi connectivity index (χ0n) is 13.6. The number of aryl methyl sites for hydroxylation is 3. The molecule has 1 aromatic carbocycles. The van der Waals surface area contributed by atoms with Gasteiger partial charge in [0, 0.05) is 24.5 Å². The van der Waals surface area contributed by atoms with Crippen LogP contribution in [0.3, 0.4) is 0 Å². The summed E-state index contributed by atoms with van der Waals surface area (Å²) in [6, 6.07) is 6.17. The maximum atomic E-state index is 12.4. The van der Waals surface area contributed by atoms with Crippen molar-refractivity contribution in [2.24, 2.45) is 0 Å². The van der Waals surface area contributed by atoms with Crippen LogP contribution >= 0.6 is 0 Å². The largest absolute Gasteiger partial charge is 0.353 e. The molecule has 0 unspecified atom stereocenters. The Labute approximate surface area is 138 Å². The summed E-state index contributed by atoms with van der Waals surface area (Å²) in [4.78, 5) is 16.7. The van der Waals surface area contributed by atoms with E-state index < -0.39 is 0 Å². The molecule has 1 atom stereocenters. The minimum absolute atomic E-state index is 0.0146. The molecule has 0 bridgehead atoms. The van der Waals surface area contributed by atoms with E-state index in [2.05, 4.69) is 27.4 Å². The van der Waals surface area contributed by atoms with Gasteiger partial charge in [0.1, 0.15) is 0 Å². The number of carbonyl (C=O) groups is 1. The lowest BCUT2D eigenvalue weighted by Gasteiger charge is -2.10. The zero-order chi connectivity index (χ0) is 16.7. The topological polar surface area (TPSA) is 82.0 Å². The van der Waals surface area contributed by atoms with E-state index in [0.717, 1.165) is 24.0 Å². The first-order valence-electron chi connectivity index (χ1n) is 8.00. The molecular weight excluding hydrogens is 306 g/mol. The van der Waals surface area contributed by atoms with Gasteiger partial charge in [-0.15, -0.1) is 0 Å². The monoisotopic (exact) mass is 323 g/mol. The average Bonchev–Trinajstić information content (AvgIpc) is 3.27. The second kappa shape index (κ2) is 5.70. The van der Waals surface area contributed by atoms with Gasteiger partial charge >= 0.3 is 0 Å². The molecule has 6 nitrogen and oxygen atoms in total. The van der Waals surface area contributed by atoms with Crippen LogP contribution in [0.2, 0.25) is 0 Å². The summed E-state index contributed by atoms with van der Waals surface area (Å²) in [5, 5.41) is 7.65. The summed E-state index contributed by atoms with van der Waals surface area (Å²) < 4.78 is 10.1. The third-order valence-electron chi connectivity index (χ3n) is 4.56. The Hall–Kier alpha value is -2.76. The molecular formula is C18H17N3O3. The smallest absolute Gasteiger partial charge is 0.223 e. The number of hydrogen-bond acceptors (Lipinski definition) is 6.